The van der Waals surface area contributed by atoms with Crippen LogP contribution in [0, 0.1) is 5.92 Å². The zero-order chi connectivity index (χ0) is 17.1. The molecule has 0 aliphatic heterocycles. The van der Waals surface area contributed by atoms with E-state index in [1.165, 1.54) is 11.1 Å². The first-order valence-corrected chi connectivity index (χ1v) is 8.66. The molecule has 1 aromatic heterocycles. The Morgan fingerprint density at radius 1 is 1.38 bits per heavy atom. The molecular weight excluding hydrogens is 302 g/mol. The highest BCUT2D eigenvalue weighted by atomic mass is 16.5. The van der Waals surface area contributed by atoms with Crippen molar-refractivity contribution < 1.29 is 9.32 Å². The van der Waals surface area contributed by atoms with Gasteiger partial charge in [0.05, 0.1) is 6.54 Å². The molecule has 0 saturated heterocycles. The smallest absolute Gasteiger partial charge is 0.246 e. The van der Waals surface area contributed by atoms with Crippen LogP contribution >= 0.6 is 0 Å². The quantitative estimate of drug-likeness (QED) is 0.816. The fraction of sp³-hybridized carbons (Fsp3) is 0.526. The number of carbonyl (C=O) groups is 1. The van der Waals surface area contributed by atoms with Gasteiger partial charge < -0.3 is 9.42 Å². The molecule has 128 valence electrons. The van der Waals surface area contributed by atoms with Crippen molar-refractivity contribution in [3.8, 4) is 0 Å². The van der Waals surface area contributed by atoms with Gasteiger partial charge in [0, 0.05) is 19.9 Å². The molecule has 5 heteroatoms. The number of benzene rings is 1. The third-order valence-corrected chi connectivity index (χ3v) is 4.58. The van der Waals surface area contributed by atoms with E-state index >= 15 is 0 Å². The van der Waals surface area contributed by atoms with Crippen molar-refractivity contribution in [1.29, 1.82) is 0 Å². The second-order valence-corrected chi connectivity index (χ2v) is 7.09. The van der Waals surface area contributed by atoms with Crippen molar-refractivity contribution in [2.45, 2.75) is 52.0 Å². The lowest BCUT2D eigenvalue weighted by Crippen LogP contribution is -2.27. The van der Waals surface area contributed by atoms with E-state index < -0.39 is 0 Å². The summed E-state index contributed by atoms with van der Waals surface area (Å²) in [6, 6.07) is 8.44. The maximum absolute atomic E-state index is 12.5. The molecule has 1 aliphatic rings. The van der Waals surface area contributed by atoms with Crippen LogP contribution in [0.15, 0.2) is 28.8 Å². The third-order valence-electron chi connectivity index (χ3n) is 4.58. The number of nitrogens with zero attached hydrogens (tertiary/aromatic N) is 3. The van der Waals surface area contributed by atoms with Gasteiger partial charge in [0.1, 0.15) is 0 Å². The van der Waals surface area contributed by atoms with E-state index in [4.69, 9.17) is 4.52 Å². The van der Waals surface area contributed by atoms with E-state index in [9.17, 15) is 4.79 Å². The Kier molecular flexibility index (Phi) is 4.97. The third kappa shape index (κ3) is 3.83. The predicted molar refractivity (Wildman–Crippen MR) is 91.4 cm³/mol. The Morgan fingerprint density at radius 3 is 2.96 bits per heavy atom. The van der Waals surface area contributed by atoms with Gasteiger partial charge >= 0.3 is 0 Å². The standard InChI is InChI=1S/C19H25N3O2/c1-13(2)10-17-20-18(24-21-17)12-22(3)19(23)11-15-9-8-14-6-4-5-7-16(14)15/h4-7,13,15H,8-12H2,1-3H3/t15-/m0/s1. The lowest BCUT2D eigenvalue weighted by Gasteiger charge is -2.18. The van der Waals surface area contributed by atoms with Crippen molar-refractivity contribution in [3.05, 3.63) is 47.1 Å². The van der Waals surface area contributed by atoms with Crippen molar-refractivity contribution in [2.24, 2.45) is 5.92 Å². The van der Waals surface area contributed by atoms with Gasteiger partial charge in [0.25, 0.3) is 0 Å². The fourth-order valence-electron chi connectivity index (χ4n) is 3.32. The maximum atomic E-state index is 12.5. The van der Waals surface area contributed by atoms with E-state index in [1.807, 2.05) is 0 Å². The normalized spacial score (nSPS) is 16.4. The number of aryl methyl sites for hydroxylation is 1. The van der Waals surface area contributed by atoms with Gasteiger partial charge in [-0.1, -0.05) is 43.3 Å². The van der Waals surface area contributed by atoms with E-state index in [1.54, 1.807) is 11.9 Å². The van der Waals surface area contributed by atoms with Gasteiger partial charge in [-0.15, -0.1) is 0 Å². The average Bonchev–Trinajstić information content (AvgIpc) is 3.14. The minimum Gasteiger partial charge on any atom is -0.337 e. The Bertz CT molecular complexity index is 708. The van der Waals surface area contributed by atoms with Crippen LogP contribution in [0.4, 0.5) is 0 Å². The lowest BCUT2D eigenvalue weighted by atomic mass is 9.97. The molecule has 24 heavy (non-hydrogen) atoms. The molecule has 0 bridgehead atoms. The van der Waals surface area contributed by atoms with Gasteiger partial charge in [-0.05, 0) is 35.8 Å². The zero-order valence-corrected chi connectivity index (χ0v) is 14.7. The van der Waals surface area contributed by atoms with Crippen LogP contribution in [0.2, 0.25) is 0 Å². The zero-order valence-electron chi connectivity index (χ0n) is 14.7. The van der Waals surface area contributed by atoms with Crippen LogP contribution in [0.5, 0.6) is 0 Å². The highest BCUT2D eigenvalue weighted by Crippen LogP contribution is 2.35. The molecule has 1 aromatic carbocycles. The first kappa shape index (κ1) is 16.7. The van der Waals surface area contributed by atoms with Gasteiger partial charge in [0.2, 0.25) is 11.8 Å². The van der Waals surface area contributed by atoms with Crippen molar-refractivity contribution in [3.63, 3.8) is 0 Å². The first-order valence-electron chi connectivity index (χ1n) is 8.66. The summed E-state index contributed by atoms with van der Waals surface area (Å²) in [5.74, 6) is 2.16. The Hall–Kier alpha value is -2.17. The Morgan fingerprint density at radius 2 is 2.17 bits per heavy atom. The number of hydrogen-bond donors (Lipinski definition) is 0. The predicted octanol–water partition coefficient (Wildman–Crippen LogP) is 3.35. The Balaban J connectivity index is 1.57. The summed E-state index contributed by atoms with van der Waals surface area (Å²) < 4.78 is 5.26. The average molecular weight is 327 g/mol. The molecule has 0 spiro atoms. The Labute approximate surface area is 143 Å². The molecule has 1 aliphatic carbocycles. The molecule has 0 N–H and O–H groups in total. The SMILES string of the molecule is CC(C)Cc1noc(CN(C)C(=O)C[C@@H]2CCc3ccccc32)n1. The summed E-state index contributed by atoms with van der Waals surface area (Å²) in [4.78, 5) is 18.6. The number of fused-ring (bicyclic) bond motifs is 1. The van der Waals surface area contributed by atoms with Crippen LogP contribution < -0.4 is 0 Å². The van der Waals surface area contributed by atoms with E-state index in [0.29, 0.717) is 36.5 Å². The summed E-state index contributed by atoms with van der Waals surface area (Å²) in [5.41, 5.74) is 2.71. The van der Waals surface area contributed by atoms with E-state index in [0.717, 1.165) is 19.3 Å². The molecule has 0 unspecified atom stereocenters. The lowest BCUT2D eigenvalue weighted by molar-refractivity contribution is -0.131. The molecular formula is C19H25N3O2. The van der Waals surface area contributed by atoms with Crippen molar-refractivity contribution in [1.82, 2.24) is 15.0 Å². The van der Waals surface area contributed by atoms with Crippen molar-refractivity contribution in [2.75, 3.05) is 7.05 Å². The highest BCUT2D eigenvalue weighted by molar-refractivity contribution is 5.77. The molecule has 1 heterocycles. The van der Waals surface area contributed by atoms with Gasteiger partial charge in [-0.3, -0.25) is 4.79 Å². The first-order chi connectivity index (χ1) is 11.5. The number of carbonyl (C=O) groups excluding carboxylic acids is 1. The summed E-state index contributed by atoms with van der Waals surface area (Å²) >= 11 is 0. The molecule has 0 radical (unpaired) electrons. The maximum Gasteiger partial charge on any atom is 0.246 e. The minimum atomic E-state index is 0.125. The molecule has 1 amide bonds. The molecule has 5 nitrogen and oxygen atoms in total. The second-order valence-electron chi connectivity index (χ2n) is 7.09. The van der Waals surface area contributed by atoms with Crippen LogP contribution in [0.25, 0.3) is 0 Å². The molecule has 1 atom stereocenters. The van der Waals surface area contributed by atoms with E-state index in [-0.39, 0.29) is 5.91 Å². The van der Waals surface area contributed by atoms with Gasteiger partial charge in [-0.2, -0.15) is 4.98 Å². The molecule has 3 rings (SSSR count). The highest BCUT2D eigenvalue weighted by Gasteiger charge is 2.26. The van der Waals surface area contributed by atoms with Crippen molar-refractivity contribution >= 4 is 5.91 Å². The van der Waals surface area contributed by atoms with Crippen LogP contribution in [-0.4, -0.2) is 28.0 Å². The number of aromatic nitrogens is 2. The van der Waals surface area contributed by atoms with Crippen LogP contribution in [-0.2, 0) is 24.2 Å². The second kappa shape index (κ2) is 7.16. The molecule has 0 fully saturated rings. The van der Waals surface area contributed by atoms with Crippen LogP contribution in [0.1, 0.15) is 55.4 Å². The fourth-order valence-corrected chi connectivity index (χ4v) is 3.32. The summed E-state index contributed by atoms with van der Waals surface area (Å²) in [6.07, 6.45) is 3.46. The van der Waals surface area contributed by atoms with E-state index in [2.05, 4.69) is 48.3 Å². The number of hydrogen-bond acceptors (Lipinski definition) is 4. The minimum absolute atomic E-state index is 0.125. The summed E-state index contributed by atoms with van der Waals surface area (Å²) in [7, 11) is 1.80. The number of amides is 1. The van der Waals surface area contributed by atoms with Gasteiger partial charge in [-0.25, -0.2) is 0 Å². The largest absolute Gasteiger partial charge is 0.337 e. The number of rotatable bonds is 6. The van der Waals surface area contributed by atoms with Gasteiger partial charge in [0.15, 0.2) is 5.82 Å². The monoisotopic (exact) mass is 327 g/mol. The topological polar surface area (TPSA) is 59.2 Å². The van der Waals surface area contributed by atoms with Crippen LogP contribution in [0.3, 0.4) is 0 Å². The summed E-state index contributed by atoms with van der Waals surface area (Å²) in [5, 5.41) is 3.98. The summed E-state index contributed by atoms with van der Waals surface area (Å²) in [6.45, 7) is 4.61. The molecule has 2 aromatic rings. The molecule has 0 saturated carbocycles.